The van der Waals surface area contributed by atoms with E-state index in [0.717, 1.165) is 51.9 Å². The lowest BCUT2D eigenvalue weighted by Crippen LogP contribution is -2.64. The van der Waals surface area contributed by atoms with E-state index in [1.54, 1.807) is 13.8 Å². The molecule has 0 aromatic carbocycles. The normalized spacial score (nSPS) is 33.2. The quantitative estimate of drug-likeness (QED) is 0.743. The van der Waals surface area contributed by atoms with Crippen LogP contribution in [0.4, 0.5) is 0 Å². The molecule has 0 saturated carbocycles. The lowest BCUT2D eigenvalue weighted by molar-refractivity contribution is -0.195. The van der Waals surface area contributed by atoms with Crippen LogP contribution < -0.4 is 5.32 Å². The van der Waals surface area contributed by atoms with Gasteiger partial charge in [-0.25, -0.2) is 0 Å². The van der Waals surface area contributed by atoms with Gasteiger partial charge in [0.15, 0.2) is 0 Å². The Kier molecular flexibility index (Phi) is 5.61. The summed E-state index contributed by atoms with van der Waals surface area (Å²) in [6.07, 6.45) is 4.59. The van der Waals surface area contributed by atoms with Crippen LogP contribution in [0.15, 0.2) is 0 Å². The molecular formula is C19H33N3O4. The number of piperidine rings is 2. The van der Waals surface area contributed by atoms with Crippen LogP contribution in [0.3, 0.4) is 0 Å². The van der Waals surface area contributed by atoms with Gasteiger partial charge in [-0.05, 0) is 39.0 Å². The Morgan fingerprint density at radius 3 is 2.27 bits per heavy atom. The van der Waals surface area contributed by atoms with Gasteiger partial charge in [-0.15, -0.1) is 0 Å². The minimum absolute atomic E-state index is 0.109. The summed E-state index contributed by atoms with van der Waals surface area (Å²) in [5.41, 5.74) is -1.26. The molecule has 148 valence electrons. The van der Waals surface area contributed by atoms with E-state index >= 15 is 0 Å². The highest BCUT2D eigenvalue weighted by Crippen LogP contribution is 2.39. The maximum Gasteiger partial charge on any atom is 0.219 e. The second-order valence-electron chi connectivity index (χ2n) is 8.56. The van der Waals surface area contributed by atoms with Crippen molar-refractivity contribution in [2.75, 3.05) is 32.8 Å². The van der Waals surface area contributed by atoms with E-state index in [9.17, 15) is 14.7 Å². The Hall–Kier alpha value is -1.18. The molecule has 3 aliphatic heterocycles. The molecule has 26 heavy (non-hydrogen) atoms. The van der Waals surface area contributed by atoms with Gasteiger partial charge in [-0.2, -0.15) is 0 Å². The van der Waals surface area contributed by atoms with Gasteiger partial charge in [0.05, 0.1) is 18.2 Å². The topological polar surface area (TPSA) is 82.1 Å². The van der Waals surface area contributed by atoms with Crippen molar-refractivity contribution in [3.63, 3.8) is 0 Å². The fraction of sp³-hybridized carbons (Fsp3) is 0.895. The third-order valence-corrected chi connectivity index (χ3v) is 6.51. The number of hydrogen-bond donors (Lipinski definition) is 2. The largest absolute Gasteiger partial charge is 0.386 e. The molecule has 0 radical (unpaired) electrons. The molecule has 0 aromatic heterocycles. The first-order chi connectivity index (χ1) is 12.2. The van der Waals surface area contributed by atoms with Crippen LogP contribution in [-0.2, 0) is 14.3 Å². The predicted octanol–water partition coefficient (Wildman–Crippen LogP) is 0.508. The number of carbonyl (C=O) groups is 2. The summed E-state index contributed by atoms with van der Waals surface area (Å²) in [5.74, 6) is 0.0645. The first kappa shape index (κ1) is 19.6. The van der Waals surface area contributed by atoms with Crippen LogP contribution in [0, 0.1) is 0 Å². The van der Waals surface area contributed by atoms with Gasteiger partial charge in [0.25, 0.3) is 0 Å². The molecular weight excluding hydrogens is 334 g/mol. The third-order valence-electron chi connectivity index (χ3n) is 6.51. The summed E-state index contributed by atoms with van der Waals surface area (Å²) in [6.45, 7) is 8.78. The van der Waals surface area contributed by atoms with E-state index in [4.69, 9.17) is 4.74 Å². The van der Waals surface area contributed by atoms with Crippen molar-refractivity contribution < 1.29 is 19.4 Å². The number of aliphatic hydroxyl groups is 1. The van der Waals surface area contributed by atoms with E-state index in [2.05, 4.69) is 10.2 Å². The molecule has 0 aliphatic carbocycles. The zero-order valence-corrected chi connectivity index (χ0v) is 16.3. The zero-order valence-electron chi connectivity index (χ0n) is 16.3. The third kappa shape index (κ3) is 4.21. The number of amides is 2. The summed E-state index contributed by atoms with van der Waals surface area (Å²) < 4.78 is 6.14. The molecule has 7 nitrogen and oxygen atoms in total. The van der Waals surface area contributed by atoms with Gasteiger partial charge in [0, 0.05) is 46.1 Å². The molecule has 2 N–H and O–H groups in total. The Bertz CT molecular complexity index is 535. The Morgan fingerprint density at radius 1 is 1.12 bits per heavy atom. The second-order valence-corrected chi connectivity index (χ2v) is 8.56. The molecule has 2 atom stereocenters. The van der Waals surface area contributed by atoms with Crippen LogP contribution in [0.1, 0.15) is 52.9 Å². The number of nitrogens with one attached hydrogen (secondary N) is 1. The number of nitrogens with zero attached hydrogens (tertiary/aromatic N) is 2. The molecule has 1 spiro atoms. The summed E-state index contributed by atoms with van der Waals surface area (Å²) in [5, 5.41) is 13.5. The van der Waals surface area contributed by atoms with Crippen molar-refractivity contribution in [3.05, 3.63) is 0 Å². The number of ether oxygens (including phenoxy) is 1. The number of rotatable bonds is 2. The maximum absolute atomic E-state index is 11.5. The van der Waals surface area contributed by atoms with E-state index in [0.29, 0.717) is 12.5 Å². The lowest BCUT2D eigenvalue weighted by atomic mass is 9.77. The standard InChI is InChI=1S/C19H33N3O4/c1-14(23)20-17-12-19(26-13-18(17,3)25)6-10-22(11-7-19)16-4-8-21(9-5-16)15(2)24/h16-17,25H,4-13H2,1-3H3,(H,20,23)/t17-,18-/m0/s1. The molecule has 3 rings (SSSR count). The summed E-state index contributed by atoms with van der Waals surface area (Å²) in [4.78, 5) is 27.5. The fourth-order valence-electron chi connectivity index (χ4n) is 4.69. The highest BCUT2D eigenvalue weighted by atomic mass is 16.5. The Balaban J connectivity index is 1.54. The van der Waals surface area contributed by atoms with Gasteiger partial charge in [-0.3, -0.25) is 9.59 Å². The molecule has 2 amide bonds. The van der Waals surface area contributed by atoms with Gasteiger partial charge >= 0.3 is 0 Å². The van der Waals surface area contributed by atoms with E-state index < -0.39 is 5.60 Å². The van der Waals surface area contributed by atoms with Gasteiger partial charge in [-0.1, -0.05) is 0 Å². The summed E-state index contributed by atoms with van der Waals surface area (Å²) in [7, 11) is 0. The van der Waals surface area contributed by atoms with Crippen LogP contribution in [0.25, 0.3) is 0 Å². The average Bonchev–Trinajstić information content (AvgIpc) is 2.59. The fourth-order valence-corrected chi connectivity index (χ4v) is 4.69. The van der Waals surface area contributed by atoms with Gasteiger partial charge < -0.3 is 25.0 Å². The van der Waals surface area contributed by atoms with Crippen LogP contribution in [0.2, 0.25) is 0 Å². The minimum Gasteiger partial charge on any atom is -0.386 e. The highest BCUT2D eigenvalue weighted by Gasteiger charge is 2.49. The SMILES string of the molecule is CC(=O)N[C@H]1CC2(CCN(C3CCN(C(C)=O)CC3)CC2)OC[C@]1(C)O. The second kappa shape index (κ2) is 7.44. The first-order valence-electron chi connectivity index (χ1n) is 9.84. The van der Waals surface area contributed by atoms with Gasteiger partial charge in [0.2, 0.25) is 11.8 Å². The monoisotopic (exact) mass is 367 g/mol. The van der Waals surface area contributed by atoms with Crippen molar-refractivity contribution in [1.82, 2.24) is 15.1 Å². The molecule has 3 aliphatic rings. The number of carbonyl (C=O) groups excluding carboxylic acids is 2. The molecule has 3 saturated heterocycles. The van der Waals surface area contributed by atoms with Crippen molar-refractivity contribution in [2.45, 2.75) is 76.2 Å². The van der Waals surface area contributed by atoms with Crippen LogP contribution in [0.5, 0.6) is 0 Å². The van der Waals surface area contributed by atoms with E-state index in [1.807, 2.05) is 4.90 Å². The number of hydrogen-bond acceptors (Lipinski definition) is 5. The Morgan fingerprint density at radius 2 is 1.73 bits per heavy atom. The van der Waals surface area contributed by atoms with Crippen molar-refractivity contribution in [1.29, 1.82) is 0 Å². The van der Waals surface area contributed by atoms with E-state index in [1.165, 1.54) is 6.92 Å². The van der Waals surface area contributed by atoms with E-state index in [-0.39, 0.29) is 30.1 Å². The predicted molar refractivity (Wildman–Crippen MR) is 97.6 cm³/mol. The smallest absolute Gasteiger partial charge is 0.219 e. The van der Waals surface area contributed by atoms with Crippen molar-refractivity contribution in [3.8, 4) is 0 Å². The average molecular weight is 367 g/mol. The maximum atomic E-state index is 11.5. The lowest BCUT2D eigenvalue weighted by Gasteiger charge is -2.52. The van der Waals surface area contributed by atoms with Crippen LogP contribution in [-0.4, -0.2) is 82.8 Å². The molecule has 7 heteroatoms. The molecule has 3 fully saturated rings. The molecule has 3 heterocycles. The summed E-state index contributed by atoms with van der Waals surface area (Å²) in [6, 6.07) is 0.278. The number of likely N-dealkylation sites (tertiary alicyclic amines) is 2. The highest BCUT2D eigenvalue weighted by molar-refractivity contribution is 5.73. The molecule has 0 bridgehead atoms. The zero-order chi connectivity index (χ0) is 18.9. The Labute approximate surface area is 156 Å². The van der Waals surface area contributed by atoms with Crippen LogP contribution >= 0.6 is 0 Å². The first-order valence-corrected chi connectivity index (χ1v) is 9.84. The van der Waals surface area contributed by atoms with Crippen molar-refractivity contribution in [2.24, 2.45) is 0 Å². The van der Waals surface area contributed by atoms with Gasteiger partial charge in [0.1, 0.15) is 5.60 Å². The minimum atomic E-state index is -1.02. The summed E-state index contributed by atoms with van der Waals surface area (Å²) >= 11 is 0. The van der Waals surface area contributed by atoms with Crippen molar-refractivity contribution >= 4 is 11.8 Å². The molecule has 0 aromatic rings. The molecule has 0 unspecified atom stereocenters.